The molecule has 0 bridgehead atoms. The zero-order valence-corrected chi connectivity index (χ0v) is 10.5. The molecule has 0 aromatic carbocycles. The average molecular weight is 269 g/mol. The van der Waals surface area contributed by atoms with Gasteiger partial charge in [-0.15, -0.1) is 0 Å². The molecule has 3 heteroatoms. The second-order valence-corrected chi connectivity index (χ2v) is 5.16. The van der Waals surface area contributed by atoms with Gasteiger partial charge in [0.05, 0.1) is 0 Å². The van der Waals surface area contributed by atoms with Gasteiger partial charge in [-0.25, -0.2) is 4.98 Å². The third-order valence-electron chi connectivity index (χ3n) is 3.02. The van der Waals surface area contributed by atoms with Gasteiger partial charge in [0.2, 0.25) is 0 Å². The molecule has 1 aliphatic rings. The molecule has 1 heterocycles. The Hall–Kier alpha value is -0.570. The van der Waals surface area contributed by atoms with Crippen molar-refractivity contribution >= 4 is 21.7 Å². The van der Waals surface area contributed by atoms with Crippen LogP contribution in [0.3, 0.4) is 0 Å². The molecular weight excluding hydrogens is 252 g/mol. The van der Waals surface area contributed by atoms with Crippen LogP contribution in [0.2, 0.25) is 0 Å². The van der Waals surface area contributed by atoms with E-state index in [1.165, 1.54) is 32.1 Å². The van der Waals surface area contributed by atoms with Crippen LogP contribution in [0.15, 0.2) is 22.8 Å². The topological polar surface area (TPSA) is 24.9 Å². The van der Waals surface area contributed by atoms with E-state index >= 15 is 0 Å². The number of nitrogens with one attached hydrogen (secondary N) is 1. The van der Waals surface area contributed by atoms with Crippen molar-refractivity contribution in [1.29, 1.82) is 0 Å². The molecule has 2 nitrogen and oxygen atoms in total. The summed E-state index contributed by atoms with van der Waals surface area (Å²) in [5, 5.41) is 3.41. The Morgan fingerprint density at radius 3 is 2.73 bits per heavy atom. The lowest BCUT2D eigenvalue weighted by molar-refractivity contribution is 0.373. The van der Waals surface area contributed by atoms with Crippen molar-refractivity contribution in [1.82, 2.24) is 4.98 Å². The standard InChI is InChI=1S/C12H17BrN2/c13-11-6-7-12(15-9-11)14-8-10-4-2-1-3-5-10/h6-7,9-10H,1-5,8H2,(H,14,15). The fraction of sp³-hybridized carbons (Fsp3) is 0.583. The first kappa shape index (κ1) is 10.9. The maximum atomic E-state index is 4.30. The van der Waals surface area contributed by atoms with Gasteiger partial charge in [0.25, 0.3) is 0 Å². The van der Waals surface area contributed by atoms with Gasteiger partial charge in [-0.2, -0.15) is 0 Å². The summed E-state index contributed by atoms with van der Waals surface area (Å²) in [7, 11) is 0. The Morgan fingerprint density at radius 1 is 1.27 bits per heavy atom. The highest BCUT2D eigenvalue weighted by Gasteiger charge is 2.12. The minimum atomic E-state index is 0.851. The number of nitrogens with zero attached hydrogens (tertiary/aromatic N) is 1. The van der Waals surface area contributed by atoms with E-state index in [2.05, 4.69) is 26.2 Å². The Bertz CT molecular complexity index is 291. The molecule has 1 aromatic rings. The zero-order valence-electron chi connectivity index (χ0n) is 8.88. The zero-order chi connectivity index (χ0) is 10.5. The van der Waals surface area contributed by atoms with Gasteiger partial charge >= 0.3 is 0 Å². The largest absolute Gasteiger partial charge is 0.370 e. The summed E-state index contributed by atoms with van der Waals surface area (Å²) >= 11 is 3.38. The molecule has 15 heavy (non-hydrogen) atoms. The Balaban J connectivity index is 1.79. The molecule has 2 rings (SSSR count). The molecular formula is C12H17BrN2. The lowest BCUT2D eigenvalue weighted by atomic mass is 9.89. The fourth-order valence-corrected chi connectivity index (χ4v) is 2.36. The second-order valence-electron chi connectivity index (χ2n) is 4.25. The number of hydrogen-bond acceptors (Lipinski definition) is 2. The monoisotopic (exact) mass is 268 g/mol. The molecule has 0 aliphatic heterocycles. The fourth-order valence-electron chi connectivity index (χ4n) is 2.12. The summed E-state index contributed by atoms with van der Waals surface area (Å²) in [5.41, 5.74) is 0. The van der Waals surface area contributed by atoms with E-state index in [-0.39, 0.29) is 0 Å². The summed E-state index contributed by atoms with van der Waals surface area (Å²) < 4.78 is 1.03. The molecule has 1 aliphatic carbocycles. The van der Waals surface area contributed by atoms with Gasteiger partial charge in [-0.3, -0.25) is 0 Å². The van der Waals surface area contributed by atoms with E-state index in [0.717, 1.165) is 22.8 Å². The van der Waals surface area contributed by atoms with E-state index in [9.17, 15) is 0 Å². The SMILES string of the molecule is Brc1ccc(NCC2CCCCC2)nc1. The molecule has 0 atom stereocenters. The highest BCUT2D eigenvalue weighted by molar-refractivity contribution is 9.10. The highest BCUT2D eigenvalue weighted by Crippen LogP contribution is 2.23. The first-order valence-corrected chi connectivity index (χ1v) is 6.49. The Labute approximate surface area is 99.6 Å². The number of anilines is 1. The maximum absolute atomic E-state index is 4.30. The van der Waals surface area contributed by atoms with E-state index in [1.807, 2.05) is 18.3 Å². The van der Waals surface area contributed by atoms with E-state index in [0.29, 0.717) is 0 Å². The van der Waals surface area contributed by atoms with Gasteiger partial charge in [0.1, 0.15) is 5.82 Å². The van der Waals surface area contributed by atoms with Crippen molar-refractivity contribution in [2.24, 2.45) is 5.92 Å². The number of aromatic nitrogens is 1. The molecule has 1 aromatic heterocycles. The summed E-state index contributed by atoms with van der Waals surface area (Å²) in [6.45, 7) is 1.08. The molecule has 0 amide bonds. The summed E-state index contributed by atoms with van der Waals surface area (Å²) in [5.74, 6) is 1.84. The van der Waals surface area contributed by atoms with Crippen molar-refractivity contribution in [2.45, 2.75) is 32.1 Å². The van der Waals surface area contributed by atoms with Gasteiger partial charge in [0.15, 0.2) is 0 Å². The third kappa shape index (κ3) is 3.49. The maximum Gasteiger partial charge on any atom is 0.125 e. The minimum Gasteiger partial charge on any atom is -0.370 e. The first-order valence-electron chi connectivity index (χ1n) is 5.70. The third-order valence-corrected chi connectivity index (χ3v) is 3.49. The molecule has 0 unspecified atom stereocenters. The van der Waals surface area contributed by atoms with Crippen LogP contribution in [0.4, 0.5) is 5.82 Å². The number of halogens is 1. The number of hydrogen-bond donors (Lipinski definition) is 1. The van der Waals surface area contributed by atoms with Crippen LogP contribution in [-0.2, 0) is 0 Å². The molecule has 1 fully saturated rings. The van der Waals surface area contributed by atoms with Crippen LogP contribution >= 0.6 is 15.9 Å². The minimum absolute atomic E-state index is 0.851. The summed E-state index contributed by atoms with van der Waals surface area (Å²) in [4.78, 5) is 4.30. The molecule has 82 valence electrons. The van der Waals surface area contributed by atoms with Crippen molar-refractivity contribution < 1.29 is 0 Å². The van der Waals surface area contributed by atoms with Crippen LogP contribution in [0.25, 0.3) is 0 Å². The molecule has 0 radical (unpaired) electrons. The lowest BCUT2D eigenvalue weighted by Gasteiger charge is -2.21. The normalized spacial score (nSPS) is 17.7. The van der Waals surface area contributed by atoms with Gasteiger partial charge in [0, 0.05) is 17.2 Å². The van der Waals surface area contributed by atoms with E-state index in [1.54, 1.807) is 0 Å². The Morgan fingerprint density at radius 2 is 2.07 bits per heavy atom. The lowest BCUT2D eigenvalue weighted by Crippen LogP contribution is -2.17. The number of pyridine rings is 1. The molecule has 1 N–H and O–H groups in total. The quantitative estimate of drug-likeness (QED) is 0.901. The van der Waals surface area contributed by atoms with Crippen LogP contribution in [0.5, 0.6) is 0 Å². The van der Waals surface area contributed by atoms with Crippen LogP contribution in [0, 0.1) is 5.92 Å². The highest BCUT2D eigenvalue weighted by atomic mass is 79.9. The number of rotatable bonds is 3. The smallest absolute Gasteiger partial charge is 0.125 e. The summed E-state index contributed by atoms with van der Waals surface area (Å²) in [6.07, 6.45) is 8.82. The average Bonchev–Trinajstić information content (AvgIpc) is 2.30. The van der Waals surface area contributed by atoms with Gasteiger partial charge < -0.3 is 5.32 Å². The molecule has 0 spiro atoms. The van der Waals surface area contributed by atoms with Crippen molar-refractivity contribution in [3.8, 4) is 0 Å². The van der Waals surface area contributed by atoms with Crippen LogP contribution in [0.1, 0.15) is 32.1 Å². The predicted octanol–water partition coefficient (Wildman–Crippen LogP) is 3.84. The second kappa shape index (κ2) is 5.50. The van der Waals surface area contributed by atoms with Gasteiger partial charge in [-0.05, 0) is 46.8 Å². The van der Waals surface area contributed by atoms with Crippen molar-refractivity contribution in [3.05, 3.63) is 22.8 Å². The van der Waals surface area contributed by atoms with Crippen LogP contribution < -0.4 is 5.32 Å². The predicted molar refractivity (Wildman–Crippen MR) is 67.0 cm³/mol. The molecule has 0 saturated heterocycles. The molecule has 1 saturated carbocycles. The van der Waals surface area contributed by atoms with Crippen LogP contribution in [-0.4, -0.2) is 11.5 Å². The van der Waals surface area contributed by atoms with Crippen molar-refractivity contribution in [2.75, 3.05) is 11.9 Å². The van der Waals surface area contributed by atoms with E-state index < -0.39 is 0 Å². The van der Waals surface area contributed by atoms with Crippen molar-refractivity contribution in [3.63, 3.8) is 0 Å². The Kier molecular flexibility index (Phi) is 4.01. The van der Waals surface area contributed by atoms with E-state index in [4.69, 9.17) is 0 Å². The first-order chi connectivity index (χ1) is 7.34. The van der Waals surface area contributed by atoms with Gasteiger partial charge in [-0.1, -0.05) is 19.3 Å². The summed E-state index contributed by atoms with van der Waals surface area (Å²) in [6, 6.07) is 4.04.